The second-order valence-electron chi connectivity index (χ2n) is 6.96. The molecule has 1 heterocycles. The predicted molar refractivity (Wildman–Crippen MR) is 106 cm³/mol. The normalized spacial score (nSPS) is 22.1. The molecular weight excluding hydrogens is 364 g/mol. The van der Waals surface area contributed by atoms with Crippen LogP contribution in [0.2, 0.25) is 0 Å². The van der Waals surface area contributed by atoms with Gasteiger partial charge in [-0.25, -0.2) is 0 Å². The van der Waals surface area contributed by atoms with Crippen molar-refractivity contribution in [2.45, 2.75) is 37.3 Å². The maximum Gasteiger partial charge on any atom is 0.236 e. The number of benzene rings is 1. The fourth-order valence-electron chi connectivity index (χ4n) is 3.42. The molecule has 7 heteroatoms. The molecule has 2 fully saturated rings. The number of nitrogens with zero attached hydrogens (tertiary/aromatic N) is 2. The smallest absolute Gasteiger partial charge is 0.236 e. The first-order valence-electron chi connectivity index (χ1n) is 9.46. The van der Waals surface area contributed by atoms with Gasteiger partial charge in [0, 0.05) is 31.1 Å². The Bertz CT molecular complexity index is 707. The number of amides is 2. The minimum absolute atomic E-state index is 0.102. The van der Waals surface area contributed by atoms with Crippen LogP contribution in [0.5, 0.6) is 11.5 Å². The van der Waals surface area contributed by atoms with Gasteiger partial charge in [0.05, 0.1) is 19.5 Å². The molecule has 0 aromatic heterocycles. The van der Waals surface area contributed by atoms with E-state index in [-0.39, 0.29) is 28.4 Å². The van der Waals surface area contributed by atoms with Gasteiger partial charge < -0.3 is 19.3 Å². The predicted octanol–water partition coefficient (Wildman–Crippen LogP) is 2.92. The molecule has 27 heavy (non-hydrogen) atoms. The molecule has 0 N–H and O–H groups in total. The topological polar surface area (TPSA) is 59.1 Å². The van der Waals surface area contributed by atoms with Crippen molar-refractivity contribution in [3.63, 3.8) is 0 Å². The lowest BCUT2D eigenvalue weighted by Crippen LogP contribution is -2.41. The molecule has 148 valence electrons. The largest absolute Gasteiger partial charge is 0.497 e. The van der Waals surface area contributed by atoms with Crippen LogP contribution in [0.15, 0.2) is 18.2 Å². The molecule has 1 aromatic rings. The van der Waals surface area contributed by atoms with Gasteiger partial charge in [0.2, 0.25) is 11.8 Å². The van der Waals surface area contributed by atoms with Crippen molar-refractivity contribution in [3.8, 4) is 11.5 Å². The maximum atomic E-state index is 12.8. The van der Waals surface area contributed by atoms with Crippen molar-refractivity contribution >= 4 is 23.6 Å². The second kappa shape index (κ2) is 8.42. The van der Waals surface area contributed by atoms with E-state index in [4.69, 9.17) is 9.47 Å². The van der Waals surface area contributed by atoms with Crippen LogP contribution < -0.4 is 9.47 Å². The summed E-state index contributed by atoms with van der Waals surface area (Å²) < 4.78 is 10.9. The van der Waals surface area contributed by atoms with Crippen LogP contribution in [0.1, 0.15) is 37.6 Å². The van der Waals surface area contributed by atoms with Crippen LogP contribution in [0.3, 0.4) is 0 Å². The number of ether oxygens (including phenoxy) is 2. The molecule has 2 atom stereocenters. The summed E-state index contributed by atoms with van der Waals surface area (Å²) in [5.74, 6) is 1.99. The van der Waals surface area contributed by atoms with Crippen molar-refractivity contribution in [1.29, 1.82) is 0 Å². The summed E-state index contributed by atoms with van der Waals surface area (Å²) >= 11 is 1.61. The molecule has 1 aliphatic heterocycles. The van der Waals surface area contributed by atoms with Crippen LogP contribution in [0, 0.1) is 5.92 Å². The minimum atomic E-state index is -0.146. The quantitative estimate of drug-likeness (QED) is 0.681. The van der Waals surface area contributed by atoms with Gasteiger partial charge in [0.15, 0.2) is 0 Å². The van der Waals surface area contributed by atoms with Crippen molar-refractivity contribution in [3.05, 3.63) is 23.8 Å². The zero-order chi connectivity index (χ0) is 19.6. The fraction of sp³-hybridized carbons (Fsp3) is 0.600. The molecule has 3 rings (SSSR count). The Morgan fingerprint density at radius 3 is 2.63 bits per heavy atom. The Hall–Kier alpha value is -1.89. The highest BCUT2D eigenvalue weighted by Crippen LogP contribution is 2.46. The molecule has 1 saturated carbocycles. The van der Waals surface area contributed by atoms with E-state index in [0.29, 0.717) is 19.6 Å². The van der Waals surface area contributed by atoms with Gasteiger partial charge >= 0.3 is 0 Å². The second-order valence-corrected chi connectivity index (χ2v) is 8.39. The van der Waals surface area contributed by atoms with Gasteiger partial charge in [-0.3, -0.25) is 9.59 Å². The Balaban J connectivity index is 1.80. The minimum Gasteiger partial charge on any atom is -0.497 e. The summed E-state index contributed by atoms with van der Waals surface area (Å²) in [4.78, 5) is 28.9. The van der Waals surface area contributed by atoms with Gasteiger partial charge in [0.25, 0.3) is 0 Å². The van der Waals surface area contributed by atoms with Crippen LogP contribution >= 0.6 is 11.8 Å². The van der Waals surface area contributed by atoms with Crippen LogP contribution in [-0.4, -0.2) is 60.7 Å². The van der Waals surface area contributed by atoms with Crippen molar-refractivity contribution < 1.29 is 19.1 Å². The summed E-state index contributed by atoms with van der Waals surface area (Å²) in [6.07, 6.45) is 1.99. The Kier molecular flexibility index (Phi) is 6.19. The average molecular weight is 393 g/mol. The summed E-state index contributed by atoms with van der Waals surface area (Å²) in [6.45, 7) is 5.68. The third-order valence-corrected chi connectivity index (χ3v) is 6.56. The Labute approximate surface area is 165 Å². The van der Waals surface area contributed by atoms with E-state index < -0.39 is 0 Å². The SMILES string of the molecule is CCN(CCN1C(=O)C(C)SC1c1cc(OC)ccc1OC)C(=O)C1CC1. The fourth-order valence-corrected chi connectivity index (χ4v) is 4.74. The number of carbonyl (C=O) groups is 2. The molecule has 0 bridgehead atoms. The van der Waals surface area contributed by atoms with Crippen LogP contribution in [-0.2, 0) is 9.59 Å². The lowest BCUT2D eigenvalue weighted by atomic mass is 10.1. The Morgan fingerprint density at radius 1 is 1.30 bits per heavy atom. The van der Waals surface area contributed by atoms with Gasteiger partial charge in [-0.15, -0.1) is 11.8 Å². The number of likely N-dealkylation sites (N-methyl/N-ethyl adjacent to an activating group) is 1. The van der Waals surface area contributed by atoms with Crippen molar-refractivity contribution in [2.75, 3.05) is 33.9 Å². The number of thioether (sulfide) groups is 1. The van der Waals surface area contributed by atoms with Gasteiger partial charge in [-0.05, 0) is 44.9 Å². The number of methoxy groups -OCH3 is 2. The highest BCUT2D eigenvalue weighted by Gasteiger charge is 2.40. The maximum absolute atomic E-state index is 12.8. The van der Waals surface area contributed by atoms with Crippen LogP contribution in [0.4, 0.5) is 0 Å². The monoisotopic (exact) mass is 392 g/mol. The first kappa shape index (κ1) is 19.9. The van der Waals surface area contributed by atoms with Gasteiger partial charge in [-0.2, -0.15) is 0 Å². The molecule has 0 spiro atoms. The van der Waals surface area contributed by atoms with E-state index in [2.05, 4.69) is 0 Å². The van der Waals surface area contributed by atoms with Crippen molar-refractivity contribution in [1.82, 2.24) is 9.80 Å². The van der Waals surface area contributed by atoms with Gasteiger partial charge in [-0.1, -0.05) is 0 Å². The van der Waals surface area contributed by atoms with Crippen molar-refractivity contribution in [2.24, 2.45) is 5.92 Å². The molecule has 1 aliphatic carbocycles. The molecule has 2 aliphatic rings. The number of hydrogen-bond acceptors (Lipinski definition) is 5. The first-order valence-corrected chi connectivity index (χ1v) is 10.4. The molecular formula is C20H28N2O4S. The third kappa shape index (κ3) is 4.18. The number of carbonyl (C=O) groups excluding carboxylic acids is 2. The Morgan fingerprint density at radius 2 is 2.04 bits per heavy atom. The third-order valence-electron chi connectivity index (χ3n) is 5.18. The molecule has 1 saturated heterocycles. The molecule has 2 amide bonds. The zero-order valence-corrected chi connectivity index (χ0v) is 17.3. The van der Waals surface area contributed by atoms with E-state index >= 15 is 0 Å². The van der Waals surface area contributed by atoms with E-state index in [1.807, 2.05) is 41.8 Å². The van der Waals surface area contributed by atoms with Crippen LogP contribution in [0.25, 0.3) is 0 Å². The van der Waals surface area contributed by atoms with E-state index in [0.717, 1.165) is 29.9 Å². The number of rotatable bonds is 8. The average Bonchev–Trinajstić information content (AvgIpc) is 3.49. The zero-order valence-electron chi connectivity index (χ0n) is 16.4. The first-order chi connectivity index (χ1) is 13.0. The summed E-state index contributed by atoms with van der Waals surface area (Å²) in [5.41, 5.74) is 0.927. The molecule has 0 radical (unpaired) electrons. The standard InChI is InChI=1S/C20H28N2O4S/c1-5-21(19(24)14-6-7-14)10-11-22-18(23)13(2)27-20(22)16-12-15(25-3)8-9-17(16)26-4/h8-9,12-14,20H,5-7,10-11H2,1-4H3. The lowest BCUT2D eigenvalue weighted by Gasteiger charge is -2.29. The highest BCUT2D eigenvalue weighted by molar-refractivity contribution is 8.01. The molecule has 6 nitrogen and oxygen atoms in total. The number of hydrogen-bond donors (Lipinski definition) is 0. The molecule has 2 unspecified atom stereocenters. The lowest BCUT2D eigenvalue weighted by molar-refractivity contribution is -0.135. The summed E-state index contributed by atoms with van der Waals surface area (Å²) in [5, 5.41) is -0.271. The summed E-state index contributed by atoms with van der Waals surface area (Å²) in [6, 6.07) is 5.65. The van der Waals surface area contributed by atoms with E-state index in [1.165, 1.54) is 0 Å². The molecule has 1 aromatic carbocycles. The van der Waals surface area contributed by atoms with E-state index in [9.17, 15) is 9.59 Å². The highest BCUT2D eigenvalue weighted by atomic mass is 32.2. The van der Waals surface area contributed by atoms with E-state index in [1.54, 1.807) is 26.0 Å². The van der Waals surface area contributed by atoms with Gasteiger partial charge in [0.1, 0.15) is 16.9 Å². The summed E-state index contributed by atoms with van der Waals surface area (Å²) in [7, 11) is 3.26.